The van der Waals surface area contributed by atoms with E-state index in [0.717, 1.165) is 0 Å². The van der Waals surface area contributed by atoms with Gasteiger partial charge in [-0.2, -0.15) is 0 Å². The number of hydrogen-bond donors (Lipinski definition) is 1. The van der Waals surface area contributed by atoms with Gasteiger partial charge in [-0.1, -0.05) is 0 Å². The summed E-state index contributed by atoms with van der Waals surface area (Å²) in [5, 5.41) is 9.27. The van der Waals surface area contributed by atoms with Gasteiger partial charge in [0.05, 0.1) is 12.6 Å². The number of ether oxygens (including phenoxy) is 2. The summed E-state index contributed by atoms with van der Waals surface area (Å²) < 4.78 is 10.4. The zero-order chi connectivity index (χ0) is 15.9. The minimum Gasteiger partial charge on any atom is -0.479 e. The van der Waals surface area contributed by atoms with Crippen molar-refractivity contribution < 1.29 is 24.2 Å². The van der Waals surface area contributed by atoms with Crippen molar-refractivity contribution in [3.8, 4) is 0 Å². The SMILES string of the molecule is COC(=O)C1(C)OC(C(=O)O)CN(C(C)(C)C)C1(C)C. The molecule has 0 aromatic rings. The van der Waals surface area contributed by atoms with Crippen molar-refractivity contribution in [2.24, 2.45) is 0 Å². The summed E-state index contributed by atoms with van der Waals surface area (Å²) in [6.07, 6.45) is -1.06. The second-order valence-corrected chi connectivity index (χ2v) is 6.81. The molecule has 0 spiro atoms. The summed E-state index contributed by atoms with van der Waals surface area (Å²) in [6, 6.07) is 0. The number of carbonyl (C=O) groups is 2. The first-order chi connectivity index (χ1) is 8.88. The molecule has 0 saturated carbocycles. The third kappa shape index (κ3) is 2.54. The van der Waals surface area contributed by atoms with Crippen molar-refractivity contribution in [2.75, 3.05) is 13.7 Å². The van der Waals surface area contributed by atoms with Crippen molar-refractivity contribution in [1.29, 1.82) is 0 Å². The van der Waals surface area contributed by atoms with Crippen LogP contribution < -0.4 is 0 Å². The Labute approximate surface area is 120 Å². The van der Waals surface area contributed by atoms with Crippen LogP contribution >= 0.6 is 0 Å². The van der Waals surface area contributed by atoms with E-state index in [0.29, 0.717) is 0 Å². The molecule has 0 aromatic carbocycles. The first kappa shape index (κ1) is 16.9. The maximum atomic E-state index is 12.2. The second-order valence-electron chi connectivity index (χ2n) is 6.81. The number of methoxy groups -OCH3 is 1. The normalized spacial score (nSPS) is 30.9. The summed E-state index contributed by atoms with van der Waals surface area (Å²) in [4.78, 5) is 25.5. The van der Waals surface area contributed by atoms with E-state index in [1.807, 2.05) is 39.5 Å². The largest absolute Gasteiger partial charge is 0.479 e. The average molecular weight is 287 g/mol. The summed E-state index contributed by atoms with van der Waals surface area (Å²) in [5.74, 6) is -1.65. The van der Waals surface area contributed by atoms with Crippen LogP contribution in [0.25, 0.3) is 0 Å². The third-order valence-electron chi connectivity index (χ3n) is 4.23. The molecule has 20 heavy (non-hydrogen) atoms. The van der Waals surface area contributed by atoms with Gasteiger partial charge in [0.15, 0.2) is 11.7 Å². The van der Waals surface area contributed by atoms with Crippen LogP contribution in [0.5, 0.6) is 0 Å². The predicted octanol–water partition coefficient (Wildman–Crippen LogP) is 1.28. The van der Waals surface area contributed by atoms with Crippen molar-refractivity contribution in [1.82, 2.24) is 4.90 Å². The first-order valence-electron chi connectivity index (χ1n) is 6.64. The maximum absolute atomic E-state index is 12.2. The summed E-state index contributed by atoms with van der Waals surface area (Å²) in [6.45, 7) is 11.5. The van der Waals surface area contributed by atoms with Crippen LogP contribution in [-0.2, 0) is 19.1 Å². The van der Waals surface area contributed by atoms with Gasteiger partial charge in [0.1, 0.15) is 0 Å². The standard InChI is InChI=1S/C14H25NO5/c1-12(2,3)15-8-9(10(16)17)20-14(6,11(18)19-7)13(15,4)5/h9H,8H2,1-7H3,(H,16,17). The molecule has 6 heteroatoms. The minimum atomic E-state index is -1.35. The van der Waals surface area contributed by atoms with E-state index in [1.54, 1.807) is 6.92 Å². The fourth-order valence-electron chi connectivity index (χ4n) is 2.85. The molecule has 1 aliphatic rings. The molecule has 1 fully saturated rings. The van der Waals surface area contributed by atoms with Crippen LogP contribution in [0.2, 0.25) is 0 Å². The van der Waals surface area contributed by atoms with E-state index < -0.39 is 29.2 Å². The number of rotatable bonds is 2. The Balaban J connectivity index is 3.35. The molecule has 116 valence electrons. The van der Waals surface area contributed by atoms with E-state index in [9.17, 15) is 14.7 Å². The molecule has 1 heterocycles. The van der Waals surface area contributed by atoms with Gasteiger partial charge >= 0.3 is 11.9 Å². The molecule has 0 amide bonds. The molecular weight excluding hydrogens is 262 g/mol. The molecule has 1 aliphatic heterocycles. The Morgan fingerprint density at radius 3 is 2.15 bits per heavy atom. The van der Waals surface area contributed by atoms with Gasteiger partial charge in [-0.15, -0.1) is 0 Å². The van der Waals surface area contributed by atoms with Crippen LogP contribution in [0, 0.1) is 0 Å². The van der Waals surface area contributed by atoms with E-state index in [-0.39, 0.29) is 12.1 Å². The fraction of sp³-hybridized carbons (Fsp3) is 0.857. The molecule has 1 N–H and O–H groups in total. The molecule has 2 unspecified atom stereocenters. The van der Waals surface area contributed by atoms with E-state index in [1.165, 1.54) is 7.11 Å². The number of carboxylic acids is 1. The number of esters is 1. The smallest absolute Gasteiger partial charge is 0.339 e. The Morgan fingerprint density at radius 1 is 1.30 bits per heavy atom. The lowest BCUT2D eigenvalue weighted by molar-refractivity contribution is -0.241. The van der Waals surface area contributed by atoms with Crippen LogP contribution in [-0.4, -0.2) is 58.4 Å². The average Bonchev–Trinajstić information content (AvgIpc) is 2.29. The highest BCUT2D eigenvalue weighted by Crippen LogP contribution is 2.41. The lowest BCUT2D eigenvalue weighted by Gasteiger charge is -2.58. The zero-order valence-electron chi connectivity index (χ0n) is 13.3. The lowest BCUT2D eigenvalue weighted by Crippen LogP contribution is -2.74. The Morgan fingerprint density at radius 2 is 1.80 bits per heavy atom. The molecule has 0 aliphatic carbocycles. The topological polar surface area (TPSA) is 76.1 Å². The van der Waals surface area contributed by atoms with E-state index >= 15 is 0 Å². The van der Waals surface area contributed by atoms with Gasteiger partial charge in [0, 0.05) is 12.1 Å². The third-order valence-corrected chi connectivity index (χ3v) is 4.23. The lowest BCUT2D eigenvalue weighted by atomic mass is 9.77. The van der Waals surface area contributed by atoms with Crippen LogP contribution in [0.4, 0.5) is 0 Å². The van der Waals surface area contributed by atoms with Crippen LogP contribution in [0.15, 0.2) is 0 Å². The summed E-state index contributed by atoms with van der Waals surface area (Å²) in [7, 11) is 1.28. The van der Waals surface area contributed by atoms with Gasteiger partial charge < -0.3 is 14.6 Å². The van der Waals surface area contributed by atoms with Crippen LogP contribution in [0.3, 0.4) is 0 Å². The van der Waals surface area contributed by atoms with Gasteiger partial charge in [-0.05, 0) is 41.5 Å². The molecule has 0 aromatic heterocycles. The Bertz CT molecular complexity index is 412. The Hall–Kier alpha value is -1.14. The second kappa shape index (κ2) is 5.00. The Kier molecular flexibility index (Phi) is 4.23. The summed E-state index contributed by atoms with van der Waals surface area (Å²) in [5.41, 5.74) is -2.36. The quantitative estimate of drug-likeness (QED) is 0.771. The van der Waals surface area contributed by atoms with Gasteiger partial charge in [-0.3, -0.25) is 4.90 Å². The highest BCUT2D eigenvalue weighted by atomic mass is 16.6. The highest BCUT2D eigenvalue weighted by molar-refractivity contribution is 5.82. The molecular formula is C14H25NO5. The minimum absolute atomic E-state index is 0.221. The fourth-order valence-corrected chi connectivity index (χ4v) is 2.85. The first-order valence-corrected chi connectivity index (χ1v) is 6.64. The van der Waals surface area contributed by atoms with Gasteiger partial charge in [0.25, 0.3) is 0 Å². The summed E-state index contributed by atoms with van der Waals surface area (Å²) >= 11 is 0. The molecule has 0 radical (unpaired) electrons. The van der Waals surface area contributed by atoms with Crippen molar-refractivity contribution in [3.05, 3.63) is 0 Å². The van der Waals surface area contributed by atoms with E-state index in [2.05, 4.69) is 0 Å². The molecule has 0 bridgehead atoms. The molecule has 1 saturated heterocycles. The van der Waals surface area contributed by atoms with Crippen molar-refractivity contribution in [2.45, 2.75) is 64.3 Å². The number of carboxylic acid groups (broad SMARTS) is 1. The zero-order valence-corrected chi connectivity index (χ0v) is 13.3. The number of nitrogens with zero attached hydrogens (tertiary/aromatic N) is 1. The molecule has 6 nitrogen and oxygen atoms in total. The van der Waals surface area contributed by atoms with Gasteiger partial charge in [-0.25, -0.2) is 9.59 Å². The maximum Gasteiger partial charge on any atom is 0.339 e. The monoisotopic (exact) mass is 287 g/mol. The highest BCUT2D eigenvalue weighted by Gasteiger charge is 2.60. The van der Waals surface area contributed by atoms with Crippen molar-refractivity contribution >= 4 is 11.9 Å². The predicted molar refractivity (Wildman–Crippen MR) is 73.5 cm³/mol. The number of hydrogen-bond acceptors (Lipinski definition) is 5. The number of aliphatic carboxylic acids is 1. The number of carbonyl (C=O) groups excluding carboxylic acids is 1. The molecule has 2 atom stereocenters. The van der Waals surface area contributed by atoms with Crippen LogP contribution in [0.1, 0.15) is 41.5 Å². The molecule has 1 rings (SSSR count). The van der Waals surface area contributed by atoms with Crippen molar-refractivity contribution in [3.63, 3.8) is 0 Å². The van der Waals surface area contributed by atoms with Gasteiger partial charge in [0.2, 0.25) is 0 Å². The number of morpholine rings is 1. The van der Waals surface area contributed by atoms with E-state index in [4.69, 9.17) is 9.47 Å².